The molecule has 4 aromatic heterocycles. The zero-order valence-corrected chi connectivity index (χ0v) is 34.9. The van der Waals surface area contributed by atoms with Crippen molar-refractivity contribution in [1.82, 2.24) is 49.2 Å². The minimum absolute atomic E-state index is 0. The number of hydrogen-bond donors (Lipinski definition) is 1. The molecule has 2 aromatic carbocycles. The Balaban J connectivity index is 0.000000198. The van der Waals surface area contributed by atoms with Crippen molar-refractivity contribution in [3.63, 3.8) is 0 Å². The standard InChI is InChI=1S/C24H29N5O3.C19H21N5O.ClH/c1-16-13-18(21-20-7-6-10-29(20)26-15-25-21)8-9-19(16)14-27-11-12-28(17(2)22(27)30)23(31)32-24(3,4)5;1-13-10-15(18-17-4-3-8-24(17)22-12-21-18)5-6-16(13)11-23-9-7-20-14(2)19(23)25;/h6-10,13,15,17H,11-12,14H2,1-5H3;3-6,8,10,12,14,20H,7,9,11H2,1-2H3;1H. The molecular weight excluding hydrogens is 756 g/mol. The first-order valence-corrected chi connectivity index (χ1v) is 19.3. The lowest BCUT2D eigenvalue weighted by molar-refractivity contribution is -0.141. The molecule has 2 fully saturated rings. The molecule has 2 saturated heterocycles. The quantitative estimate of drug-likeness (QED) is 0.211. The van der Waals surface area contributed by atoms with E-state index >= 15 is 0 Å². The Morgan fingerprint density at radius 3 is 1.78 bits per heavy atom. The number of aryl methyl sites for hydroxylation is 2. The fourth-order valence-electron chi connectivity index (χ4n) is 7.33. The maximum atomic E-state index is 13.0. The Labute approximate surface area is 344 Å². The second-order valence-corrected chi connectivity index (χ2v) is 15.7. The van der Waals surface area contributed by atoms with Crippen molar-refractivity contribution in [3.05, 3.63) is 108 Å². The lowest BCUT2D eigenvalue weighted by Gasteiger charge is -2.39. The van der Waals surface area contributed by atoms with Gasteiger partial charge in [0.25, 0.3) is 0 Å². The third-order valence-electron chi connectivity index (χ3n) is 10.5. The fraction of sp³-hybridized carbons (Fsp3) is 0.372. The van der Waals surface area contributed by atoms with Crippen LogP contribution in [0.25, 0.3) is 33.5 Å². The molecule has 3 amide bonds. The van der Waals surface area contributed by atoms with E-state index < -0.39 is 17.7 Å². The van der Waals surface area contributed by atoms with Gasteiger partial charge in [-0.3, -0.25) is 14.5 Å². The van der Waals surface area contributed by atoms with Gasteiger partial charge in [-0.2, -0.15) is 10.2 Å². The summed E-state index contributed by atoms with van der Waals surface area (Å²) in [5, 5.41) is 11.6. The summed E-state index contributed by atoms with van der Waals surface area (Å²) in [6.07, 6.45) is 6.49. The summed E-state index contributed by atoms with van der Waals surface area (Å²) >= 11 is 0. The Hall–Kier alpha value is -5.86. The summed E-state index contributed by atoms with van der Waals surface area (Å²) in [4.78, 5) is 51.9. The number of fused-ring (bicyclic) bond motifs is 2. The Morgan fingerprint density at radius 2 is 1.28 bits per heavy atom. The molecule has 6 heterocycles. The lowest BCUT2D eigenvalue weighted by atomic mass is 10.0. The lowest BCUT2D eigenvalue weighted by Crippen LogP contribution is -2.57. The summed E-state index contributed by atoms with van der Waals surface area (Å²) in [5.74, 6) is 0.0942. The molecule has 8 rings (SSSR count). The normalized spacial score (nSPS) is 17.3. The highest BCUT2D eigenvalue weighted by atomic mass is 35.5. The maximum Gasteiger partial charge on any atom is 0.411 e. The number of carbonyl (C=O) groups excluding carboxylic acids is 3. The van der Waals surface area contributed by atoms with Gasteiger partial charge in [0.1, 0.15) is 24.3 Å². The van der Waals surface area contributed by atoms with Crippen molar-refractivity contribution in [2.24, 2.45) is 0 Å². The third-order valence-corrected chi connectivity index (χ3v) is 10.5. The van der Waals surface area contributed by atoms with Crippen LogP contribution in [0.4, 0.5) is 4.79 Å². The molecular formula is C43H51ClN10O4. The average Bonchev–Trinajstić information content (AvgIpc) is 3.87. The minimum atomic E-state index is -0.591. The smallest absolute Gasteiger partial charge is 0.411 e. The Morgan fingerprint density at radius 1 is 0.759 bits per heavy atom. The number of rotatable bonds is 6. The van der Waals surface area contributed by atoms with Crippen molar-refractivity contribution >= 4 is 41.3 Å². The molecule has 0 radical (unpaired) electrons. The van der Waals surface area contributed by atoms with Crippen molar-refractivity contribution in [3.8, 4) is 22.5 Å². The number of nitrogens with zero attached hydrogens (tertiary/aromatic N) is 9. The van der Waals surface area contributed by atoms with Gasteiger partial charge in [0.05, 0.1) is 28.5 Å². The number of halogens is 1. The first kappa shape index (κ1) is 41.8. The first-order valence-electron chi connectivity index (χ1n) is 19.3. The van der Waals surface area contributed by atoms with Gasteiger partial charge in [-0.25, -0.2) is 23.8 Å². The number of benzene rings is 2. The average molecular weight is 807 g/mol. The van der Waals surface area contributed by atoms with E-state index in [4.69, 9.17) is 4.74 Å². The number of aromatic nitrogens is 6. The van der Waals surface area contributed by atoms with Crippen LogP contribution in [0.15, 0.2) is 85.7 Å². The van der Waals surface area contributed by atoms with Gasteiger partial charge in [-0.05, 0) is 107 Å². The van der Waals surface area contributed by atoms with Crippen LogP contribution in [0.1, 0.15) is 56.9 Å². The number of carbonyl (C=O) groups is 3. The van der Waals surface area contributed by atoms with Crippen LogP contribution < -0.4 is 5.32 Å². The van der Waals surface area contributed by atoms with Crippen LogP contribution in [0.3, 0.4) is 0 Å². The highest BCUT2D eigenvalue weighted by Gasteiger charge is 2.36. The molecule has 2 aliphatic rings. The van der Waals surface area contributed by atoms with E-state index in [1.54, 1.807) is 24.1 Å². The van der Waals surface area contributed by atoms with Gasteiger partial charge in [0.15, 0.2) is 0 Å². The third kappa shape index (κ3) is 8.98. The minimum Gasteiger partial charge on any atom is -0.444 e. The number of hydrogen-bond acceptors (Lipinski definition) is 9. The monoisotopic (exact) mass is 806 g/mol. The van der Waals surface area contributed by atoms with Gasteiger partial charge in [-0.1, -0.05) is 24.3 Å². The van der Waals surface area contributed by atoms with Gasteiger partial charge < -0.3 is 19.9 Å². The zero-order chi connectivity index (χ0) is 40.4. The first-order chi connectivity index (χ1) is 27.3. The van der Waals surface area contributed by atoms with E-state index in [2.05, 4.69) is 56.7 Å². The van der Waals surface area contributed by atoms with Crippen molar-refractivity contribution in [1.29, 1.82) is 0 Å². The van der Waals surface area contributed by atoms with Crippen LogP contribution in [-0.2, 0) is 27.4 Å². The predicted octanol–water partition coefficient (Wildman–Crippen LogP) is 6.12. The summed E-state index contributed by atoms with van der Waals surface area (Å²) in [7, 11) is 0. The molecule has 2 atom stereocenters. The predicted molar refractivity (Wildman–Crippen MR) is 224 cm³/mol. The number of ether oxygens (including phenoxy) is 1. The Kier molecular flexibility index (Phi) is 12.5. The zero-order valence-electron chi connectivity index (χ0n) is 34.0. The van der Waals surface area contributed by atoms with Crippen LogP contribution in [0.5, 0.6) is 0 Å². The van der Waals surface area contributed by atoms with E-state index in [1.807, 2.05) is 97.7 Å². The van der Waals surface area contributed by atoms with Gasteiger partial charge >= 0.3 is 6.09 Å². The molecule has 15 heteroatoms. The Bertz CT molecular complexity index is 2440. The second kappa shape index (κ2) is 17.3. The van der Waals surface area contributed by atoms with Gasteiger partial charge in [-0.15, -0.1) is 12.4 Å². The topological polar surface area (TPSA) is 143 Å². The molecule has 2 unspecified atom stereocenters. The molecule has 0 aliphatic carbocycles. The fourth-order valence-corrected chi connectivity index (χ4v) is 7.33. The molecule has 6 aromatic rings. The maximum absolute atomic E-state index is 13.0. The van der Waals surface area contributed by atoms with Crippen molar-refractivity contribution in [2.45, 2.75) is 79.2 Å². The highest BCUT2D eigenvalue weighted by Crippen LogP contribution is 2.27. The summed E-state index contributed by atoms with van der Waals surface area (Å²) < 4.78 is 9.08. The van der Waals surface area contributed by atoms with Crippen molar-refractivity contribution < 1.29 is 19.1 Å². The molecule has 2 aliphatic heterocycles. The van der Waals surface area contributed by atoms with E-state index in [0.29, 0.717) is 26.2 Å². The largest absolute Gasteiger partial charge is 0.444 e. The van der Waals surface area contributed by atoms with Crippen LogP contribution in [0.2, 0.25) is 0 Å². The molecule has 0 spiro atoms. The molecule has 1 N–H and O–H groups in total. The van der Waals surface area contributed by atoms with E-state index in [9.17, 15) is 14.4 Å². The molecule has 304 valence electrons. The second-order valence-electron chi connectivity index (χ2n) is 15.7. The summed E-state index contributed by atoms with van der Waals surface area (Å²) in [5.41, 5.74) is 9.69. The summed E-state index contributed by atoms with van der Waals surface area (Å²) in [6.45, 7) is 16.9. The SMILES string of the molecule is Cc1cc(-c2ncnn3cccc23)ccc1CN1CCN(C(=O)OC(C)(C)C)C(C)C1=O.Cc1cc(-c2ncnn3cccc23)ccc1CN1CCNC(C)C1=O.Cl. The molecule has 0 saturated carbocycles. The molecule has 14 nitrogen and oxygen atoms in total. The van der Waals surface area contributed by atoms with Crippen LogP contribution >= 0.6 is 12.4 Å². The van der Waals surface area contributed by atoms with Gasteiger partial charge in [0, 0.05) is 62.8 Å². The van der Waals surface area contributed by atoms with E-state index in [0.717, 1.165) is 57.8 Å². The summed E-state index contributed by atoms with van der Waals surface area (Å²) in [6, 6.07) is 19.7. The number of nitrogens with one attached hydrogen (secondary N) is 1. The van der Waals surface area contributed by atoms with Gasteiger partial charge in [0.2, 0.25) is 11.8 Å². The molecule has 58 heavy (non-hydrogen) atoms. The number of amides is 3. The van der Waals surface area contributed by atoms with E-state index in [1.165, 1.54) is 16.0 Å². The number of piperazine rings is 2. The van der Waals surface area contributed by atoms with E-state index in [-0.39, 0.29) is 30.3 Å². The highest BCUT2D eigenvalue weighted by molar-refractivity contribution is 5.87. The van der Waals surface area contributed by atoms with Crippen LogP contribution in [0, 0.1) is 13.8 Å². The van der Waals surface area contributed by atoms with Crippen LogP contribution in [-0.4, -0.2) is 106 Å². The van der Waals surface area contributed by atoms with Crippen molar-refractivity contribution in [2.75, 3.05) is 26.2 Å². The molecule has 0 bridgehead atoms.